The van der Waals surface area contributed by atoms with Gasteiger partial charge in [0.25, 0.3) is 9.82 Å². The number of piperazine rings is 1. The van der Waals surface area contributed by atoms with Gasteiger partial charge in [-0.05, 0) is 92.1 Å². The number of hydrogen-bond donors (Lipinski definition) is 4. The zero-order chi connectivity index (χ0) is 34.9. The van der Waals surface area contributed by atoms with Crippen molar-refractivity contribution in [2.24, 2.45) is 11.8 Å². The Morgan fingerprint density at radius 1 is 0.857 bits per heavy atom. The van der Waals surface area contributed by atoms with Gasteiger partial charge in [-0.2, -0.15) is 0 Å². The molecule has 1 aliphatic heterocycles. The highest BCUT2D eigenvalue weighted by Crippen LogP contribution is 2.29. The maximum absolute atomic E-state index is 13.7. The van der Waals surface area contributed by atoms with Crippen molar-refractivity contribution in [1.29, 1.82) is 5.41 Å². The molecule has 0 radical (unpaired) electrons. The summed E-state index contributed by atoms with van der Waals surface area (Å²) in [6.07, 6.45) is 3.38. The van der Waals surface area contributed by atoms with Crippen molar-refractivity contribution >= 4 is 55.6 Å². The molecule has 258 valence electrons. The van der Waals surface area contributed by atoms with E-state index in [4.69, 9.17) is 5.41 Å². The summed E-state index contributed by atoms with van der Waals surface area (Å²) in [7, 11) is 2.07. The number of rotatable bonds is 11. The first-order chi connectivity index (χ1) is 23.5. The Morgan fingerprint density at radius 2 is 1.51 bits per heavy atom. The number of anilines is 1. The van der Waals surface area contributed by atoms with E-state index in [1.807, 2.05) is 53.4 Å². The standard InChI is InChI=1S/C38H45IN6O4/c1-25(40)28-14-16-33(17-15-28)42-36(47)34(43-35(46)30-8-6-26(7-9-30)24-41-38(39)49)23-27-4-3-5-32(22-27)29-10-12-31(13-11-29)37(48)45-20-18-44(2)19-21-45/h3-5,10-17,22,26,30,34,40H,6-9,18-21,23-24H2,1-2H3,(H,41,49)(H,42,47)(H,43,46)/t26?,30?,34-/m0/s1. The van der Waals surface area contributed by atoms with Gasteiger partial charge in [-0.1, -0.05) is 48.5 Å². The van der Waals surface area contributed by atoms with E-state index in [2.05, 4.69) is 27.9 Å². The van der Waals surface area contributed by atoms with Gasteiger partial charge in [0.05, 0.1) is 0 Å². The zero-order valence-corrected chi connectivity index (χ0v) is 30.3. The lowest BCUT2D eigenvalue weighted by Crippen LogP contribution is -2.48. The van der Waals surface area contributed by atoms with Crippen LogP contribution in [0.4, 0.5) is 10.5 Å². The number of carbonyl (C=O) groups excluding carboxylic acids is 4. The van der Waals surface area contributed by atoms with Gasteiger partial charge in [0.1, 0.15) is 6.04 Å². The summed E-state index contributed by atoms with van der Waals surface area (Å²) in [5, 5.41) is 16.7. The predicted molar refractivity (Wildman–Crippen MR) is 201 cm³/mol. The molecular formula is C38H45IN6O4. The predicted octanol–water partition coefficient (Wildman–Crippen LogP) is 5.75. The number of hydrogen-bond acceptors (Lipinski definition) is 6. The minimum absolute atomic E-state index is 0.0430. The second-order valence-electron chi connectivity index (χ2n) is 13.2. The van der Waals surface area contributed by atoms with Crippen LogP contribution in [0, 0.1) is 17.2 Å². The molecular weight excluding hydrogens is 731 g/mol. The molecule has 10 nitrogen and oxygen atoms in total. The molecule has 0 bridgehead atoms. The maximum Gasteiger partial charge on any atom is 0.280 e. The summed E-state index contributed by atoms with van der Waals surface area (Å²) in [6, 6.07) is 21.9. The second kappa shape index (κ2) is 17.0. The third-order valence-corrected chi connectivity index (χ3v) is 9.97. The average molecular weight is 777 g/mol. The zero-order valence-electron chi connectivity index (χ0n) is 28.1. The molecule has 4 amide bonds. The molecule has 3 aromatic carbocycles. The van der Waals surface area contributed by atoms with E-state index in [-0.39, 0.29) is 27.6 Å². The topological polar surface area (TPSA) is 135 Å². The Morgan fingerprint density at radius 3 is 2.14 bits per heavy atom. The SMILES string of the molecule is CC(=N)c1ccc(NC(=O)[C@H](Cc2cccc(-c3ccc(C(=O)N4CCN(C)CC4)cc3)c2)NC(=O)C2CCC(CNC(=O)I)CC2)cc1. The fourth-order valence-corrected chi connectivity index (χ4v) is 6.72. The number of halogens is 1. The number of nitrogens with zero attached hydrogens (tertiary/aromatic N) is 2. The molecule has 1 atom stereocenters. The van der Waals surface area contributed by atoms with Crippen LogP contribution in [-0.2, 0) is 16.0 Å². The van der Waals surface area contributed by atoms with Crippen LogP contribution in [0.25, 0.3) is 11.1 Å². The van der Waals surface area contributed by atoms with Crippen molar-refractivity contribution in [3.05, 3.63) is 89.5 Å². The molecule has 2 aliphatic rings. The Bertz CT molecular complexity index is 1650. The summed E-state index contributed by atoms with van der Waals surface area (Å²) in [6.45, 7) is 5.50. The van der Waals surface area contributed by atoms with E-state index in [1.165, 1.54) is 0 Å². The Hall–Kier alpha value is -4.10. The van der Waals surface area contributed by atoms with Crippen LogP contribution < -0.4 is 16.0 Å². The molecule has 1 aliphatic carbocycles. The van der Waals surface area contributed by atoms with Gasteiger partial charge in [-0.15, -0.1) is 0 Å². The van der Waals surface area contributed by atoms with Crippen LogP contribution in [0.1, 0.15) is 54.1 Å². The highest BCUT2D eigenvalue weighted by molar-refractivity contribution is 14.1. The third-order valence-electron chi connectivity index (χ3n) is 9.59. The molecule has 3 aromatic rings. The number of benzene rings is 3. The molecule has 1 heterocycles. The van der Waals surface area contributed by atoms with Crippen molar-refractivity contribution in [1.82, 2.24) is 20.4 Å². The minimum atomic E-state index is -0.813. The van der Waals surface area contributed by atoms with E-state index in [0.717, 1.165) is 61.3 Å². The lowest BCUT2D eigenvalue weighted by atomic mass is 9.81. The fraction of sp³-hybridized carbons (Fsp3) is 0.395. The van der Waals surface area contributed by atoms with E-state index in [1.54, 1.807) is 53.8 Å². The van der Waals surface area contributed by atoms with Gasteiger partial charge in [0.15, 0.2) is 0 Å². The molecule has 4 N–H and O–H groups in total. The third kappa shape index (κ3) is 10.2. The number of likely N-dealkylation sites (N-methyl/N-ethyl adjacent to an activating group) is 1. The molecule has 11 heteroatoms. The van der Waals surface area contributed by atoms with Crippen molar-refractivity contribution in [3.8, 4) is 11.1 Å². The van der Waals surface area contributed by atoms with E-state index in [0.29, 0.717) is 48.7 Å². The summed E-state index contributed by atoms with van der Waals surface area (Å²) in [4.78, 5) is 55.7. The van der Waals surface area contributed by atoms with Crippen molar-refractivity contribution in [2.45, 2.75) is 45.1 Å². The van der Waals surface area contributed by atoms with Gasteiger partial charge in [0, 0.05) is 84.6 Å². The molecule has 2 fully saturated rings. The number of nitrogens with one attached hydrogen (secondary N) is 4. The van der Waals surface area contributed by atoms with Crippen LogP contribution in [0.3, 0.4) is 0 Å². The fourth-order valence-electron chi connectivity index (χ4n) is 6.50. The Kier molecular flexibility index (Phi) is 12.6. The molecule has 1 saturated carbocycles. The monoisotopic (exact) mass is 776 g/mol. The van der Waals surface area contributed by atoms with Crippen molar-refractivity contribution < 1.29 is 19.2 Å². The largest absolute Gasteiger partial charge is 0.347 e. The number of carbonyl (C=O) groups is 4. The summed E-state index contributed by atoms with van der Waals surface area (Å²) < 4.78 is -0.0775. The van der Waals surface area contributed by atoms with E-state index in [9.17, 15) is 19.2 Å². The Balaban J connectivity index is 1.28. The lowest BCUT2D eigenvalue weighted by Gasteiger charge is -2.32. The van der Waals surface area contributed by atoms with Gasteiger partial charge in [-0.3, -0.25) is 19.2 Å². The molecule has 1 saturated heterocycles. The summed E-state index contributed by atoms with van der Waals surface area (Å²) in [5.41, 5.74) is 5.26. The Labute approximate surface area is 302 Å². The normalized spacial score (nSPS) is 18.6. The number of amides is 4. The highest BCUT2D eigenvalue weighted by Gasteiger charge is 2.30. The summed E-state index contributed by atoms with van der Waals surface area (Å²) in [5.74, 6) is -0.265. The highest BCUT2D eigenvalue weighted by atomic mass is 127. The molecule has 49 heavy (non-hydrogen) atoms. The van der Waals surface area contributed by atoms with Crippen LogP contribution in [-0.4, -0.2) is 83.0 Å². The second-order valence-corrected chi connectivity index (χ2v) is 14.2. The molecule has 0 unspecified atom stereocenters. The summed E-state index contributed by atoms with van der Waals surface area (Å²) >= 11 is 1.73. The molecule has 0 spiro atoms. The van der Waals surface area contributed by atoms with Crippen LogP contribution >= 0.6 is 22.6 Å². The minimum Gasteiger partial charge on any atom is -0.347 e. The van der Waals surface area contributed by atoms with Crippen LogP contribution in [0.15, 0.2) is 72.8 Å². The van der Waals surface area contributed by atoms with Gasteiger partial charge < -0.3 is 31.2 Å². The van der Waals surface area contributed by atoms with Gasteiger partial charge in [-0.25, -0.2) is 0 Å². The van der Waals surface area contributed by atoms with E-state index < -0.39 is 6.04 Å². The lowest BCUT2D eigenvalue weighted by molar-refractivity contribution is -0.130. The average Bonchev–Trinajstić information content (AvgIpc) is 3.11. The van der Waals surface area contributed by atoms with Crippen LogP contribution in [0.5, 0.6) is 0 Å². The smallest absolute Gasteiger partial charge is 0.280 e. The van der Waals surface area contributed by atoms with E-state index >= 15 is 0 Å². The molecule has 5 rings (SSSR count). The van der Waals surface area contributed by atoms with Gasteiger partial charge in [0.2, 0.25) is 11.8 Å². The van der Waals surface area contributed by atoms with Crippen LogP contribution in [0.2, 0.25) is 0 Å². The first-order valence-electron chi connectivity index (χ1n) is 16.9. The van der Waals surface area contributed by atoms with Gasteiger partial charge >= 0.3 is 0 Å². The maximum atomic E-state index is 13.7. The van der Waals surface area contributed by atoms with Crippen molar-refractivity contribution in [3.63, 3.8) is 0 Å². The molecule has 0 aromatic heterocycles. The van der Waals surface area contributed by atoms with Crippen molar-refractivity contribution in [2.75, 3.05) is 45.1 Å². The quantitative estimate of drug-likeness (QED) is 0.0853. The first kappa shape index (κ1) is 36.2. The first-order valence-corrected chi connectivity index (χ1v) is 18.0.